The topological polar surface area (TPSA) is 140 Å². The molecule has 0 saturated carbocycles. The highest BCUT2D eigenvalue weighted by Gasteiger charge is 2.23. The predicted octanol–water partition coefficient (Wildman–Crippen LogP) is 6.15. The third-order valence-electron chi connectivity index (χ3n) is 9.74. The van der Waals surface area contributed by atoms with E-state index in [-0.39, 0.29) is 42.8 Å². The first-order chi connectivity index (χ1) is 27.4. The van der Waals surface area contributed by atoms with Crippen LogP contribution < -0.4 is 9.47 Å². The van der Waals surface area contributed by atoms with Crippen molar-refractivity contribution >= 4 is 47.0 Å². The number of carbonyl (C=O) groups excluding carboxylic acids is 2. The highest BCUT2D eigenvalue weighted by molar-refractivity contribution is 6.30. The third kappa shape index (κ3) is 13.8. The van der Waals surface area contributed by atoms with Gasteiger partial charge in [-0.05, 0) is 72.5 Å². The smallest absolute Gasteiger partial charge is 0.339 e. The normalized spacial score (nSPS) is 14.6. The van der Waals surface area contributed by atoms with Gasteiger partial charge in [-0.1, -0.05) is 77.3 Å². The molecule has 2 aliphatic rings. The zero-order valence-electron chi connectivity index (χ0n) is 31.9. The van der Waals surface area contributed by atoms with Crippen molar-refractivity contribution in [1.29, 1.82) is 0 Å². The molecule has 2 heterocycles. The van der Waals surface area contributed by atoms with Crippen molar-refractivity contribution in [2.24, 2.45) is 0 Å². The number of hydrogen-bond donors (Lipinski definition) is 2. The van der Waals surface area contributed by atoms with Crippen molar-refractivity contribution in [3.8, 4) is 11.5 Å². The molecule has 6 rings (SSSR count). The summed E-state index contributed by atoms with van der Waals surface area (Å²) in [6, 6.07) is 27.8. The third-order valence-corrected chi connectivity index (χ3v) is 10.2. The quantitative estimate of drug-likeness (QED) is 0.152. The van der Waals surface area contributed by atoms with E-state index in [0.29, 0.717) is 38.3 Å². The molecule has 0 atom stereocenters. The lowest BCUT2D eigenvalue weighted by Crippen LogP contribution is -2.49. The molecule has 2 aliphatic heterocycles. The van der Waals surface area contributed by atoms with Crippen LogP contribution in [0.3, 0.4) is 0 Å². The van der Waals surface area contributed by atoms with Crippen LogP contribution in [-0.4, -0.2) is 119 Å². The molecule has 0 unspecified atom stereocenters. The molecule has 2 saturated heterocycles. The first-order valence-corrected chi connectivity index (χ1v) is 19.6. The van der Waals surface area contributed by atoms with Gasteiger partial charge in [-0.2, -0.15) is 0 Å². The van der Waals surface area contributed by atoms with Gasteiger partial charge in [-0.15, -0.1) is 0 Å². The first-order valence-electron chi connectivity index (χ1n) is 18.8. The molecule has 2 N–H and O–H groups in total. The standard InChI is InChI=1S/C22H25ClN2O4.C21H23ClN2O4/c23-19-8-5-17(6-9-19)15-24-11-13-25(14-12-24)21(26)16-29-20-4-2-1-3-18(20)7-10-22(27)28;1-15-2-7-19(18(12-15)21(26)27)28-14-20(25)24-10-8-23(9-11-24)13-16-3-5-17(22)6-4-16/h1-6,8-9H,7,10-16H2,(H,27,28);2-7,12H,8-11,13-14H2,1H3,(H,26,27). The Kier molecular flexibility index (Phi) is 16.1. The van der Waals surface area contributed by atoms with E-state index in [4.69, 9.17) is 37.8 Å². The molecule has 0 radical (unpaired) electrons. The van der Waals surface area contributed by atoms with Crippen LogP contribution in [0.25, 0.3) is 0 Å². The van der Waals surface area contributed by atoms with Gasteiger partial charge in [0.15, 0.2) is 13.2 Å². The van der Waals surface area contributed by atoms with E-state index in [9.17, 15) is 24.3 Å². The van der Waals surface area contributed by atoms with E-state index in [0.717, 1.165) is 60.4 Å². The minimum Gasteiger partial charge on any atom is -0.483 e. The number of carboxylic acid groups (broad SMARTS) is 2. The number of carboxylic acids is 2. The number of halogens is 2. The van der Waals surface area contributed by atoms with Crippen molar-refractivity contribution in [3.63, 3.8) is 0 Å². The fraction of sp³-hybridized carbons (Fsp3) is 0.349. The summed E-state index contributed by atoms with van der Waals surface area (Å²) in [6.45, 7) is 9.00. The van der Waals surface area contributed by atoms with E-state index in [2.05, 4.69) is 9.80 Å². The second kappa shape index (κ2) is 21.4. The molecule has 4 aromatic rings. The van der Waals surface area contributed by atoms with Crippen LogP contribution in [-0.2, 0) is 33.9 Å². The molecule has 2 fully saturated rings. The van der Waals surface area contributed by atoms with Crippen molar-refractivity contribution in [2.45, 2.75) is 32.9 Å². The highest BCUT2D eigenvalue weighted by atomic mass is 35.5. The Hall–Kier alpha value is -5.14. The molecule has 2 amide bonds. The molecular formula is C43H48Cl2N4O8. The zero-order chi connectivity index (χ0) is 40.7. The molecular weight excluding hydrogens is 771 g/mol. The number of aryl methyl sites for hydroxylation is 2. The lowest BCUT2D eigenvalue weighted by Gasteiger charge is -2.34. The molecule has 0 aliphatic carbocycles. The van der Waals surface area contributed by atoms with Crippen LogP contribution in [0.2, 0.25) is 10.0 Å². The number of aromatic carboxylic acids is 1. The number of aliphatic carboxylic acids is 1. The van der Waals surface area contributed by atoms with Crippen LogP contribution in [0, 0.1) is 6.92 Å². The SMILES string of the molecule is Cc1ccc(OCC(=O)N2CCN(Cc3ccc(Cl)cc3)CC2)c(C(=O)O)c1.O=C(O)CCc1ccccc1OCC(=O)N1CCN(Cc2ccc(Cl)cc2)CC1. The molecule has 0 bridgehead atoms. The van der Waals surface area contributed by atoms with E-state index >= 15 is 0 Å². The maximum absolute atomic E-state index is 12.5. The van der Waals surface area contributed by atoms with Gasteiger partial charge >= 0.3 is 11.9 Å². The van der Waals surface area contributed by atoms with Gasteiger partial charge in [-0.3, -0.25) is 24.2 Å². The average molecular weight is 820 g/mol. The fourth-order valence-electron chi connectivity index (χ4n) is 6.50. The van der Waals surface area contributed by atoms with Crippen LogP contribution in [0.5, 0.6) is 11.5 Å². The van der Waals surface area contributed by atoms with Gasteiger partial charge < -0.3 is 29.5 Å². The van der Waals surface area contributed by atoms with Crippen LogP contribution in [0.15, 0.2) is 91.0 Å². The van der Waals surface area contributed by atoms with Crippen LogP contribution in [0.4, 0.5) is 0 Å². The summed E-state index contributed by atoms with van der Waals surface area (Å²) in [7, 11) is 0. The highest BCUT2D eigenvalue weighted by Crippen LogP contribution is 2.22. The number of hydrogen-bond acceptors (Lipinski definition) is 8. The van der Waals surface area contributed by atoms with E-state index in [1.165, 1.54) is 17.2 Å². The monoisotopic (exact) mass is 818 g/mol. The van der Waals surface area contributed by atoms with Gasteiger partial charge in [0.25, 0.3) is 11.8 Å². The number of para-hydroxylation sites is 1. The summed E-state index contributed by atoms with van der Waals surface area (Å²) < 4.78 is 11.2. The van der Waals surface area contributed by atoms with Crippen molar-refractivity contribution < 1.29 is 38.9 Å². The minimum absolute atomic E-state index is 0.0316. The summed E-state index contributed by atoms with van der Waals surface area (Å²) in [5.74, 6) is -1.32. The second-order valence-electron chi connectivity index (χ2n) is 14.0. The molecule has 302 valence electrons. The number of rotatable bonds is 14. The number of amides is 2. The van der Waals surface area contributed by atoms with Gasteiger partial charge in [-0.25, -0.2) is 4.79 Å². The number of carbonyl (C=O) groups is 4. The number of benzene rings is 4. The maximum atomic E-state index is 12.5. The van der Waals surface area contributed by atoms with Crippen LogP contribution in [0.1, 0.15) is 39.0 Å². The number of ether oxygens (including phenoxy) is 2. The second-order valence-corrected chi connectivity index (χ2v) is 14.8. The Bertz CT molecular complexity index is 1960. The first kappa shape index (κ1) is 43.0. The Morgan fingerprint density at radius 1 is 0.614 bits per heavy atom. The van der Waals surface area contributed by atoms with E-state index in [1.54, 1.807) is 23.1 Å². The molecule has 4 aromatic carbocycles. The van der Waals surface area contributed by atoms with E-state index in [1.807, 2.05) is 78.6 Å². The Balaban J connectivity index is 0.000000218. The van der Waals surface area contributed by atoms with Crippen molar-refractivity contribution in [3.05, 3.63) is 129 Å². The van der Waals surface area contributed by atoms with Crippen molar-refractivity contribution in [2.75, 3.05) is 65.6 Å². The van der Waals surface area contributed by atoms with Gasteiger partial charge in [0, 0.05) is 81.9 Å². The lowest BCUT2D eigenvalue weighted by molar-refractivity contribution is -0.137. The summed E-state index contributed by atoms with van der Waals surface area (Å²) in [5.41, 5.74) is 4.09. The Morgan fingerprint density at radius 2 is 1.09 bits per heavy atom. The lowest BCUT2D eigenvalue weighted by atomic mass is 10.1. The largest absolute Gasteiger partial charge is 0.483 e. The van der Waals surface area contributed by atoms with Crippen LogP contribution >= 0.6 is 23.2 Å². The average Bonchev–Trinajstić information content (AvgIpc) is 3.21. The fourth-order valence-corrected chi connectivity index (χ4v) is 6.75. The van der Waals surface area contributed by atoms with Crippen molar-refractivity contribution in [1.82, 2.24) is 19.6 Å². The molecule has 12 nitrogen and oxygen atoms in total. The molecule has 0 spiro atoms. The maximum Gasteiger partial charge on any atom is 0.339 e. The predicted molar refractivity (Wildman–Crippen MR) is 218 cm³/mol. The Morgan fingerprint density at radius 3 is 1.56 bits per heavy atom. The number of nitrogens with zero attached hydrogens (tertiary/aromatic N) is 4. The summed E-state index contributed by atoms with van der Waals surface area (Å²) >= 11 is 11.8. The molecule has 14 heteroatoms. The number of piperazine rings is 2. The Labute approximate surface area is 343 Å². The van der Waals surface area contributed by atoms with E-state index < -0.39 is 11.9 Å². The molecule has 57 heavy (non-hydrogen) atoms. The summed E-state index contributed by atoms with van der Waals surface area (Å²) in [4.78, 5) is 55.3. The van der Waals surface area contributed by atoms with Gasteiger partial charge in [0.2, 0.25) is 0 Å². The van der Waals surface area contributed by atoms with Gasteiger partial charge in [0.05, 0.1) is 0 Å². The van der Waals surface area contributed by atoms with Gasteiger partial charge in [0.1, 0.15) is 17.1 Å². The summed E-state index contributed by atoms with van der Waals surface area (Å²) in [6.07, 6.45) is 0.410. The zero-order valence-corrected chi connectivity index (χ0v) is 33.5. The summed E-state index contributed by atoms with van der Waals surface area (Å²) in [5, 5.41) is 19.6. The minimum atomic E-state index is -1.07. The molecule has 0 aromatic heterocycles.